The van der Waals surface area contributed by atoms with E-state index in [0.717, 1.165) is 22.0 Å². The molecule has 2 aromatic heterocycles. The Morgan fingerprint density at radius 1 is 1.14 bits per heavy atom. The van der Waals surface area contributed by atoms with Crippen molar-refractivity contribution in [3.05, 3.63) is 68.7 Å². The van der Waals surface area contributed by atoms with Crippen LogP contribution < -0.4 is 5.73 Å². The lowest BCUT2D eigenvalue weighted by Gasteiger charge is -2.07. The molecule has 0 aliphatic rings. The van der Waals surface area contributed by atoms with Crippen LogP contribution in [0.5, 0.6) is 0 Å². The number of nitrogens with zero attached hydrogens (tertiary/aromatic N) is 2. The number of hydrogen-bond donors (Lipinski definition) is 1. The number of aromatic nitrogens is 2. The van der Waals surface area contributed by atoms with Gasteiger partial charge in [-0.15, -0.1) is 11.3 Å². The summed E-state index contributed by atoms with van der Waals surface area (Å²) < 4.78 is 0. The van der Waals surface area contributed by atoms with Gasteiger partial charge in [-0.05, 0) is 30.3 Å². The lowest BCUT2D eigenvalue weighted by Crippen LogP contribution is -2.12. The Hall–Kier alpha value is -1.46. The van der Waals surface area contributed by atoms with Crippen LogP contribution in [0.4, 0.5) is 0 Å². The second-order valence-corrected chi connectivity index (χ2v) is 6.16. The Kier molecular flexibility index (Phi) is 4.22. The fourth-order valence-corrected chi connectivity index (χ4v) is 3.27. The van der Waals surface area contributed by atoms with Gasteiger partial charge in [-0.3, -0.25) is 4.98 Å². The number of benzene rings is 1. The molecule has 3 aromatic rings. The number of hydrogen-bond acceptors (Lipinski definition) is 4. The molecular formula is C15H11Cl2N3S. The van der Waals surface area contributed by atoms with Crippen LogP contribution in [0.25, 0.3) is 11.3 Å². The van der Waals surface area contributed by atoms with Gasteiger partial charge in [-0.2, -0.15) is 0 Å². The maximum atomic E-state index is 6.21. The summed E-state index contributed by atoms with van der Waals surface area (Å²) in [5.74, 6) is 0. The molecule has 1 unspecified atom stereocenters. The fraction of sp³-hybridized carbons (Fsp3) is 0.0667. The van der Waals surface area contributed by atoms with E-state index in [1.165, 1.54) is 11.3 Å². The minimum Gasteiger partial charge on any atom is -0.317 e. The number of pyridine rings is 1. The molecule has 3 nitrogen and oxygen atoms in total. The van der Waals surface area contributed by atoms with Crippen LogP contribution in [0.15, 0.2) is 48.0 Å². The molecule has 6 heteroatoms. The number of nitrogens with two attached hydrogens (primary N) is 1. The van der Waals surface area contributed by atoms with Crippen LogP contribution >= 0.6 is 34.5 Å². The van der Waals surface area contributed by atoms with Gasteiger partial charge in [0.15, 0.2) is 0 Å². The molecule has 0 aliphatic carbocycles. The summed E-state index contributed by atoms with van der Waals surface area (Å²) in [6, 6.07) is 10.7. The summed E-state index contributed by atoms with van der Waals surface area (Å²) >= 11 is 13.6. The third kappa shape index (κ3) is 3.09. The summed E-state index contributed by atoms with van der Waals surface area (Å²) in [7, 11) is 0. The molecule has 2 heterocycles. The predicted molar refractivity (Wildman–Crippen MR) is 87.8 cm³/mol. The van der Waals surface area contributed by atoms with Gasteiger partial charge < -0.3 is 5.73 Å². The first kappa shape index (κ1) is 14.5. The topological polar surface area (TPSA) is 51.8 Å². The molecule has 0 radical (unpaired) electrons. The van der Waals surface area contributed by atoms with Crippen molar-refractivity contribution in [2.75, 3.05) is 0 Å². The highest BCUT2D eigenvalue weighted by molar-refractivity contribution is 7.10. The van der Waals surface area contributed by atoms with Gasteiger partial charge in [0.25, 0.3) is 0 Å². The van der Waals surface area contributed by atoms with Crippen molar-refractivity contribution in [3.8, 4) is 11.3 Å². The molecule has 0 amide bonds. The van der Waals surface area contributed by atoms with E-state index in [0.29, 0.717) is 10.0 Å². The Balaban J connectivity index is 1.93. The van der Waals surface area contributed by atoms with E-state index < -0.39 is 0 Å². The van der Waals surface area contributed by atoms with Gasteiger partial charge in [0.05, 0.1) is 22.5 Å². The standard InChI is InChI=1S/C15H11Cl2N3S/c16-9-4-5-10(11(17)7-9)13-8-21-15(20-13)14(18)12-3-1-2-6-19-12/h1-8,14H,18H2. The van der Waals surface area contributed by atoms with Crippen molar-refractivity contribution in [2.45, 2.75) is 6.04 Å². The molecule has 106 valence electrons. The second kappa shape index (κ2) is 6.12. The monoisotopic (exact) mass is 335 g/mol. The summed E-state index contributed by atoms with van der Waals surface area (Å²) in [5.41, 5.74) is 8.63. The Bertz CT molecular complexity index is 759. The first-order valence-corrected chi connectivity index (χ1v) is 7.86. The number of rotatable bonds is 3. The quantitative estimate of drug-likeness (QED) is 0.763. The molecule has 1 aromatic carbocycles. The van der Waals surface area contributed by atoms with Crippen molar-refractivity contribution in [2.24, 2.45) is 5.73 Å². The fourth-order valence-electron chi connectivity index (χ4n) is 1.94. The van der Waals surface area contributed by atoms with Crippen LogP contribution in [0.3, 0.4) is 0 Å². The highest BCUT2D eigenvalue weighted by Gasteiger charge is 2.16. The number of thiazole rings is 1. The van der Waals surface area contributed by atoms with E-state index in [1.807, 2.05) is 29.6 Å². The maximum absolute atomic E-state index is 6.21. The zero-order valence-electron chi connectivity index (χ0n) is 10.8. The summed E-state index contributed by atoms with van der Waals surface area (Å²) in [6.07, 6.45) is 1.72. The highest BCUT2D eigenvalue weighted by atomic mass is 35.5. The van der Waals surface area contributed by atoms with Crippen molar-refractivity contribution in [3.63, 3.8) is 0 Å². The predicted octanol–water partition coefficient (Wildman–Crippen LogP) is 4.56. The van der Waals surface area contributed by atoms with Crippen molar-refractivity contribution in [1.29, 1.82) is 0 Å². The first-order valence-electron chi connectivity index (χ1n) is 6.22. The summed E-state index contributed by atoms with van der Waals surface area (Å²) in [4.78, 5) is 8.84. The van der Waals surface area contributed by atoms with E-state index in [-0.39, 0.29) is 6.04 Å². The molecule has 0 bridgehead atoms. The Labute approximate surface area is 136 Å². The average molecular weight is 336 g/mol. The van der Waals surface area contributed by atoms with Gasteiger partial charge in [-0.25, -0.2) is 4.98 Å². The van der Waals surface area contributed by atoms with Gasteiger partial charge in [0.1, 0.15) is 5.01 Å². The SMILES string of the molecule is NC(c1ccccn1)c1nc(-c2ccc(Cl)cc2Cl)cs1. The van der Waals surface area contributed by atoms with Crippen LogP contribution in [0.2, 0.25) is 10.0 Å². The zero-order chi connectivity index (χ0) is 14.8. The lowest BCUT2D eigenvalue weighted by atomic mass is 10.1. The molecule has 1 atom stereocenters. The van der Waals surface area contributed by atoms with Gasteiger partial charge >= 0.3 is 0 Å². The van der Waals surface area contributed by atoms with Crippen LogP contribution in [0, 0.1) is 0 Å². The number of halogens is 2. The minimum atomic E-state index is -0.337. The zero-order valence-corrected chi connectivity index (χ0v) is 13.2. The summed E-state index contributed by atoms with van der Waals surface area (Å²) in [6.45, 7) is 0. The lowest BCUT2D eigenvalue weighted by molar-refractivity contribution is 0.819. The third-order valence-electron chi connectivity index (χ3n) is 3.00. The largest absolute Gasteiger partial charge is 0.317 e. The normalized spacial score (nSPS) is 12.3. The summed E-state index contributed by atoms with van der Waals surface area (Å²) in [5, 5.41) is 3.91. The second-order valence-electron chi connectivity index (χ2n) is 4.43. The molecule has 0 aliphatic heterocycles. The molecule has 21 heavy (non-hydrogen) atoms. The third-order valence-corrected chi connectivity index (χ3v) is 4.48. The van der Waals surface area contributed by atoms with Crippen LogP contribution in [-0.2, 0) is 0 Å². The van der Waals surface area contributed by atoms with E-state index >= 15 is 0 Å². The average Bonchev–Trinajstić information content (AvgIpc) is 2.97. The van der Waals surface area contributed by atoms with E-state index in [9.17, 15) is 0 Å². The van der Waals surface area contributed by atoms with Crippen molar-refractivity contribution >= 4 is 34.5 Å². The Morgan fingerprint density at radius 3 is 2.71 bits per heavy atom. The van der Waals surface area contributed by atoms with Crippen molar-refractivity contribution in [1.82, 2.24) is 9.97 Å². The molecule has 0 saturated carbocycles. The van der Waals surface area contributed by atoms with Gasteiger partial charge in [0, 0.05) is 22.2 Å². The molecule has 2 N–H and O–H groups in total. The van der Waals surface area contributed by atoms with Gasteiger partial charge in [-0.1, -0.05) is 29.3 Å². The van der Waals surface area contributed by atoms with E-state index in [4.69, 9.17) is 28.9 Å². The highest BCUT2D eigenvalue weighted by Crippen LogP contribution is 2.32. The van der Waals surface area contributed by atoms with Gasteiger partial charge in [0.2, 0.25) is 0 Å². The first-order chi connectivity index (χ1) is 10.1. The maximum Gasteiger partial charge on any atom is 0.116 e. The van der Waals surface area contributed by atoms with Crippen LogP contribution in [0.1, 0.15) is 16.7 Å². The molecule has 0 fully saturated rings. The van der Waals surface area contributed by atoms with Crippen LogP contribution in [-0.4, -0.2) is 9.97 Å². The molecule has 3 rings (SSSR count). The van der Waals surface area contributed by atoms with E-state index in [2.05, 4.69) is 9.97 Å². The molecule has 0 spiro atoms. The minimum absolute atomic E-state index is 0.337. The molecule has 0 saturated heterocycles. The van der Waals surface area contributed by atoms with E-state index in [1.54, 1.807) is 18.3 Å². The Morgan fingerprint density at radius 2 is 2.00 bits per heavy atom. The van der Waals surface area contributed by atoms with Crippen molar-refractivity contribution < 1.29 is 0 Å². The smallest absolute Gasteiger partial charge is 0.116 e. The molecular weight excluding hydrogens is 325 g/mol.